The highest BCUT2D eigenvalue weighted by Gasteiger charge is 2.29. The largest absolute Gasteiger partial charge is 0.322 e. The fourth-order valence-electron chi connectivity index (χ4n) is 3.13. The third kappa shape index (κ3) is 4.56. The molecule has 1 saturated heterocycles. The second kappa shape index (κ2) is 8.48. The molecule has 3 rings (SSSR count). The predicted molar refractivity (Wildman–Crippen MR) is 119 cm³/mol. The van der Waals surface area contributed by atoms with E-state index in [1.807, 2.05) is 26.1 Å². The van der Waals surface area contributed by atoms with Crippen molar-refractivity contribution in [2.75, 3.05) is 38.5 Å². The van der Waals surface area contributed by atoms with Crippen LogP contribution in [0.25, 0.3) is 0 Å². The van der Waals surface area contributed by atoms with E-state index < -0.39 is 10.0 Å². The Hall–Kier alpha value is -1.49. The van der Waals surface area contributed by atoms with Crippen molar-refractivity contribution in [1.29, 1.82) is 0 Å². The van der Waals surface area contributed by atoms with E-state index >= 15 is 0 Å². The molecule has 0 unspecified atom stereocenters. The Morgan fingerprint density at radius 2 is 1.71 bits per heavy atom. The van der Waals surface area contributed by atoms with Crippen LogP contribution >= 0.6 is 22.6 Å². The van der Waals surface area contributed by atoms with Crippen LogP contribution < -0.4 is 5.32 Å². The van der Waals surface area contributed by atoms with Gasteiger partial charge in [-0.3, -0.25) is 4.79 Å². The van der Waals surface area contributed by atoms with E-state index in [0.29, 0.717) is 43.0 Å². The van der Waals surface area contributed by atoms with Gasteiger partial charge in [0.05, 0.1) is 10.5 Å². The van der Waals surface area contributed by atoms with Gasteiger partial charge in [0.25, 0.3) is 5.91 Å². The molecule has 0 radical (unpaired) electrons. The van der Waals surface area contributed by atoms with Crippen LogP contribution in [-0.2, 0) is 10.0 Å². The number of benzene rings is 2. The van der Waals surface area contributed by atoms with Crippen molar-refractivity contribution in [2.45, 2.75) is 18.7 Å². The summed E-state index contributed by atoms with van der Waals surface area (Å²) < 4.78 is 28.6. The summed E-state index contributed by atoms with van der Waals surface area (Å²) in [5.74, 6) is -0.254. The van der Waals surface area contributed by atoms with Crippen LogP contribution in [0.3, 0.4) is 0 Å². The van der Waals surface area contributed by atoms with Crippen molar-refractivity contribution >= 4 is 44.2 Å². The highest BCUT2D eigenvalue weighted by atomic mass is 127. The number of nitrogens with one attached hydrogen (secondary N) is 1. The Bertz CT molecular complexity index is 1000. The first kappa shape index (κ1) is 21.2. The molecular formula is C20H24IN3O3S. The molecule has 1 amide bonds. The summed E-state index contributed by atoms with van der Waals surface area (Å²) in [6.45, 7) is 6.10. The molecule has 0 bridgehead atoms. The molecule has 1 N–H and O–H groups in total. The summed E-state index contributed by atoms with van der Waals surface area (Å²) in [7, 11) is -1.62. The SMILES string of the molecule is Cc1ccc(C(=O)Nc2ccc(C)c(S(=O)(=O)N3CCN(C)CC3)c2)c(I)c1. The van der Waals surface area contributed by atoms with E-state index in [4.69, 9.17) is 0 Å². The zero-order chi connectivity index (χ0) is 20.5. The van der Waals surface area contributed by atoms with Gasteiger partial charge in [-0.15, -0.1) is 0 Å². The van der Waals surface area contributed by atoms with Crippen LogP contribution in [0.5, 0.6) is 0 Å². The van der Waals surface area contributed by atoms with Crippen molar-refractivity contribution in [3.63, 3.8) is 0 Å². The topological polar surface area (TPSA) is 69.7 Å². The lowest BCUT2D eigenvalue weighted by Crippen LogP contribution is -2.47. The molecule has 2 aromatic rings. The molecule has 0 aromatic heterocycles. The number of aryl methyl sites for hydroxylation is 2. The third-order valence-corrected chi connectivity index (χ3v) is 7.83. The number of rotatable bonds is 4. The van der Waals surface area contributed by atoms with Gasteiger partial charge >= 0.3 is 0 Å². The molecule has 2 aromatic carbocycles. The first-order valence-corrected chi connectivity index (χ1v) is 11.6. The van der Waals surface area contributed by atoms with Crippen molar-refractivity contribution in [1.82, 2.24) is 9.21 Å². The van der Waals surface area contributed by atoms with Crippen molar-refractivity contribution < 1.29 is 13.2 Å². The van der Waals surface area contributed by atoms with Crippen LogP contribution in [0.1, 0.15) is 21.5 Å². The quantitative estimate of drug-likeness (QED) is 0.639. The first-order chi connectivity index (χ1) is 13.2. The highest BCUT2D eigenvalue weighted by Crippen LogP contribution is 2.25. The molecule has 150 valence electrons. The Balaban J connectivity index is 1.86. The fourth-order valence-corrected chi connectivity index (χ4v) is 5.71. The van der Waals surface area contributed by atoms with Crippen LogP contribution in [0.4, 0.5) is 5.69 Å². The maximum atomic E-state index is 13.1. The summed E-state index contributed by atoms with van der Waals surface area (Å²) >= 11 is 2.13. The van der Waals surface area contributed by atoms with Gasteiger partial charge in [-0.05, 0) is 73.3 Å². The molecule has 0 atom stereocenters. The average molecular weight is 513 g/mol. The third-order valence-electron chi connectivity index (χ3n) is 4.90. The molecule has 28 heavy (non-hydrogen) atoms. The molecule has 1 heterocycles. The molecular weight excluding hydrogens is 489 g/mol. The monoisotopic (exact) mass is 513 g/mol. The summed E-state index contributed by atoms with van der Waals surface area (Å²) in [5, 5.41) is 2.83. The number of sulfonamides is 1. The van der Waals surface area contributed by atoms with Crippen molar-refractivity contribution in [3.05, 3.63) is 56.7 Å². The number of halogens is 1. The van der Waals surface area contributed by atoms with E-state index in [-0.39, 0.29) is 10.8 Å². The molecule has 6 nitrogen and oxygen atoms in total. The Morgan fingerprint density at radius 1 is 1.04 bits per heavy atom. The highest BCUT2D eigenvalue weighted by molar-refractivity contribution is 14.1. The molecule has 0 saturated carbocycles. The zero-order valence-electron chi connectivity index (χ0n) is 16.2. The van der Waals surface area contributed by atoms with Crippen LogP contribution in [0, 0.1) is 17.4 Å². The smallest absolute Gasteiger partial charge is 0.256 e. The Kier molecular flexibility index (Phi) is 6.43. The normalized spacial score (nSPS) is 16.1. The minimum Gasteiger partial charge on any atom is -0.322 e. The second-order valence-corrected chi connectivity index (χ2v) is 10.2. The van der Waals surface area contributed by atoms with Gasteiger partial charge in [0.15, 0.2) is 0 Å². The number of nitrogens with zero attached hydrogens (tertiary/aromatic N) is 2. The lowest BCUT2D eigenvalue weighted by atomic mass is 10.1. The van der Waals surface area contributed by atoms with Gasteiger partial charge in [0, 0.05) is 35.4 Å². The fraction of sp³-hybridized carbons (Fsp3) is 0.350. The summed E-state index contributed by atoms with van der Waals surface area (Å²) in [4.78, 5) is 15.0. The van der Waals surface area contributed by atoms with Gasteiger partial charge in [-0.25, -0.2) is 8.42 Å². The number of piperazine rings is 1. The minimum absolute atomic E-state index is 0.244. The number of anilines is 1. The average Bonchev–Trinajstić information content (AvgIpc) is 2.63. The number of amides is 1. The molecule has 8 heteroatoms. The molecule has 0 spiro atoms. The van der Waals surface area contributed by atoms with E-state index in [1.165, 1.54) is 4.31 Å². The zero-order valence-corrected chi connectivity index (χ0v) is 19.2. The van der Waals surface area contributed by atoms with E-state index in [2.05, 4.69) is 32.8 Å². The first-order valence-electron chi connectivity index (χ1n) is 9.05. The van der Waals surface area contributed by atoms with E-state index in [0.717, 1.165) is 9.13 Å². The standard InChI is InChI=1S/C20H24IN3O3S/c1-14-4-7-17(18(21)12-14)20(25)22-16-6-5-15(2)19(13-16)28(26,27)24-10-8-23(3)9-11-24/h4-7,12-13H,8-11H2,1-3H3,(H,22,25). The molecule has 1 aliphatic rings. The van der Waals surface area contributed by atoms with Crippen LogP contribution in [0.15, 0.2) is 41.3 Å². The lowest BCUT2D eigenvalue weighted by Gasteiger charge is -2.32. The van der Waals surface area contributed by atoms with Crippen molar-refractivity contribution in [2.24, 2.45) is 0 Å². The number of carbonyl (C=O) groups is 1. The van der Waals surface area contributed by atoms with Gasteiger partial charge in [-0.2, -0.15) is 4.31 Å². The lowest BCUT2D eigenvalue weighted by molar-refractivity contribution is 0.102. The van der Waals surface area contributed by atoms with E-state index in [1.54, 1.807) is 31.2 Å². The molecule has 0 aliphatic carbocycles. The number of carbonyl (C=O) groups excluding carboxylic acids is 1. The van der Waals surface area contributed by atoms with E-state index in [9.17, 15) is 13.2 Å². The maximum absolute atomic E-state index is 13.1. The van der Waals surface area contributed by atoms with Gasteiger partial charge in [0.1, 0.15) is 0 Å². The molecule has 1 aliphatic heterocycles. The number of hydrogen-bond donors (Lipinski definition) is 1. The Labute approximate surface area is 180 Å². The number of hydrogen-bond acceptors (Lipinski definition) is 4. The summed E-state index contributed by atoms with van der Waals surface area (Å²) in [6.07, 6.45) is 0. The molecule has 1 fully saturated rings. The maximum Gasteiger partial charge on any atom is 0.256 e. The Morgan fingerprint density at radius 3 is 2.36 bits per heavy atom. The van der Waals surface area contributed by atoms with Gasteiger partial charge in [0.2, 0.25) is 10.0 Å². The summed E-state index contributed by atoms with van der Waals surface area (Å²) in [6, 6.07) is 10.6. The second-order valence-electron chi connectivity index (χ2n) is 7.13. The predicted octanol–water partition coefficient (Wildman–Crippen LogP) is 3.10. The minimum atomic E-state index is -3.60. The van der Waals surface area contributed by atoms with Crippen molar-refractivity contribution in [3.8, 4) is 0 Å². The number of likely N-dealkylation sites (N-methyl/N-ethyl adjacent to an activating group) is 1. The van der Waals surface area contributed by atoms with Gasteiger partial charge < -0.3 is 10.2 Å². The van der Waals surface area contributed by atoms with Crippen LogP contribution in [0.2, 0.25) is 0 Å². The van der Waals surface area contributed by atoms with Gasteiger partial charge in [-0.1, -0.05) is 17.7 Å². The summed E-state index contributed by atoms with van der Waals surface area (Å²) in [5.41, 5.74) is 2.79. The van der Waals surface area contributed by atoms with Crippen LogP contribution in [-0.4, -0.2) is 56.8 Å².